The summed E-state index contributed by atoms with van der Waals surface area (Å²) in [5, 5.41) is 20.9. The van der Waals surface area contributed by atoms with Crippen LogP contribution in [0.4, 0.5) is 11.5 Å². The Kier molecular flexibility index (Phi) is 4.92. The van der Waals surface area contributed by atoms with Crippen LogP contribution >= 0.6 is 11.6 Å². The highest BCUT2D eigenvalue weighted by Gasteiger charge is 2.18. The Morgan fingerprint density at radius 2 is 2.00 bits per heavy atom. The number of anilines is 1. The molecule has 3 rings (SSSR count). The minimum absolute atomic E-state index is 0.00962. The van der Waals surface area contributed by atoms with Crippen LogP contribution in [0, 0.1) is 21.4 Å². The summed E-state index contributed by atoms with van der Waals surface area (Å²) in [6.07, 6.45) is 0. The number of non-ortho nitro benzene ring substituents is 1. The molecule has 0 saturated carbocycles. The molecule has 134 valence electrons. The quantitative estimate of drug-likeness (QED) is 0.528. The van der Waals surface area contributed by atoms with Gasteiger partial charge in [-0.2, -0.15) is 5.26 Å². The number of ether oxygens (including phenoxy) is 1. The lowest BCUT2D eigenvalue weighted by Gasteiger charge is -2.12. The third-order valence-corrected chi connectivity index (χ3v) is 4.31. The van der Waals surface area contributed by atoms with Crippen molar-refractivity contribution in [3.05, 3.63) is 69.2 Å². The second-order valence-corrected chi connectivity index (χ2v) is 5.99. The minimum Gasteiger partial charge on any atom is -0.497 e. The van der Waals surface area contributed by atoms with Gasteiger partial charge < -0.3 is 10.5 Å². The number of nitro groups is 1. The first-order valence-electron chi connectivity index (χ1n) is 7.74. The molecule has 2 N–H and O–H groups in total. The second kappa shape index (κ2) is 7.32. The summed E-state index contributed by atoms with van der Waals surface area (Å²) in [5.74, 6) is 0.641. The number of rotatable bonds is 4. The molecule has 8 heteroatoms. The van der Waals surface area contributed by atoms with Gasteiger partial charge in [-0.05, 0) is 24.3 Å². The fourth-order valence-corrected chi connectivity index (χ4v) is 2.88. The lowest BCUT2D eigenvalue weighted by molar-refractivity contribution is -0.384. The largest absolute Gasteiger partial charge is 0.497 e. The van der Waals surface area contributed by atoms with Crippen molar-refractivity contribution in [3.63, 3.8) is 0 Å². The van der Waals surface area contributed by atoms with E-state index in [1.165, 1.54) is 18.2 Å². The van der Waals surface area contributed by atoms with Gasteiger partial charge in [0.15, 0.2) is 0 Å². The number of hydrogen-bond donors (Lipinski definition) is 1. The second-order valence-electron chi connectivity index (χ2n) is 5.58. The summed E-state index contributed by atoms with van der Waals surface area (Å²) < 4.78 is 5.22. The number of aromatic nitrogens is 1. The van der Waals surface area contributed by atoms with Crippen LogP contribution in [0.2, 0.25) is 5.02 Å². The van der Waals surface area contributed by atoms with Gasteiger partial charge in [-0.3, -0.25) is 10.1 Å². The van der Waals surface area contributed by atoms with E-state index in [1.807, 2.05) is 12.1 Å². The molecule has 0 amide bonds. The maximum absolute atomic E-state index is 11.1. The first-order chi connectivity index (χ1) is 12.9. The van der Waals surface area contributed by atoms with Gasteiger partial charge in [-0.15, -0.1) is 0 Å². The van der Waals surface area contributed by atoms with Crippen LogP contribution in [0.1, 0.15) is 5.56 Å². The average Bonchev–Trinajstić information content (AvgIpc) is 2.67. The molecule has 0 spiro atoms. The lowest BCUT2D eigenvalue weighted by Crippen LogP contribution is -2.00. The van der Waals surface area contributed by atoms with Gasteiger partial charge in [-0.25, -0.2) is 4.98 Å². The maximum Gasteiger partial charge on any atom is 0.270 e. The molecule has 0 aliphatic carbocycles. The van der Waals surface area contributed by atoms with E-state index >= 15 is 0 Å². The van der Waals surface area contributed by atoms with Gasteiger partial charge in [-0.1, -0.05) is 23.7 Å². The van der Waals surface area contributed by atoms with Crippen molar-refractivity contribution in [1.29, 1.82) is 5.26 Å². The SMILES string of the molecule is COc1cccc(-c2cc(-c3cc([N+](=O)[O-])ccc3Cl)c(C#N)c(N)n2)c1. The van der Waals surface area contributed by atoms with Gasteiger partial charge in [0.2, 0.25) is 0 Å². The van der Waals surface area contributed by atoms with Gasteiger partial charge >= 0.3 is 0 Å². The van der Waals surface area contributed by atoms with E-state index in [0.717, 1.165) is 0 Å². The Labute approximate surface area is 159 Å². The summed E-state index contributed by atoms with van der Waals surface area (Å²) in [6, 6.07) is 14.8. The molecule has 2 aromatic carbocycles. The number of pyridine rings is 1. The van der Waals surface area contributed by atoms with E-state index in [0.29, 0.717) is 28.1 Å². The zero-order valence-electron chi connectivity index (χ0n) is 14.1. The van der Waals surface area contributed by atoms with E-state index in [4.69, 9.17) is 22.1 Å². The Morgan fingerprint density at radius 1 is 1.22 bits per heavy atom. The summed E-state index contributed by atoms with van der Waals surface area (Å²) >= 11 is 6.25. The van der Waals surface area contributed by atoms with E-state index in [1.54, 1.807) is 31.4 Å². The number of methoxy groups -OCH3 is 1. The van der Waals surface area contributed by atoms with Crippen molar-refractivity contribution in [2.45, 2.75) is 0 Å². The molecule has 0 atom stereocenters. The van der Waals surface area contributed by atoms with Crippen molar-refractivity contribution in [3.8, 4) is 34.2 Å². The van der Waals surface area contributed by atoms with Crippen LogP contribution in [0.15, 0.2) is 48.5 Å². The number of nitro benzene ring substituents is 1. The summed E-state index contributed by atoms with van der Waals surface area (Å²) in [6.45, 7) is 0. The molecule has 27 heavy (non-hydrogen) atoms. The predicted octanol–water partition coefficient (Wildman–Crippen LogP) is 4.44. The topological polar surface area (TPSA) is 115 Å². The summed E-state index contributed by atoms with van der Waals surface area (Å²) in [4.78, 5) is 14.9. The van der Waals surface area contributed by atoms with Crippen LogP contribution in [0.5, 0.6) is 5.75 Å². The first kappa shape index (κ1) is 18.2. The normalized spacial score (nSPS) is 10.3. The number of nitrogen functional groups attached to an aromatic ring is 1. The molecule has 1 aromatic heterocycles. The van der Waals surface area contributed by atoms with Crippen LogP contribution in [-0.4, -0.2) is 17.0 Å². The van der Waals surface area contributed by atoms with Crippen molar-refractivity contribution in [2.24, 2.45) is 0 Å². The fourth-order valence-electron chi connectivity index (χ4n) is 2.66. The summed E-state index contributed by atoms with van der Waals surface area (Å²) in [5.41, 5.74) is 7.85. The highest BCUT2D eigenvalue weighted by Crippen LogP contribution is 2.37. The Hall–Kier alpha value is -3.63. The van der Waals surface area contributed by atoms with Crippen LogP contribution in [0.25, 0.3) is 22.4 Å². The average molecular weight is 381 g/mol. The van der Waals surface area contributed by atoms with Crippen LogP contribution < -0.4 is 10.5 Å². The monoisotopic (exact) mass is 380 g/mol. The molecule has 0 aliphatic heterocycles. The van der Waals surface area contributed by atoms with Gasteiger partial charge in [0, 0.05) is 33.8 Å². The standard InChI is InChI=1S/C19H13ClN4O3/c1-27-13-4-2-3-11(7-13)18-9-14(16(10-21)19(22)23-18)15-8-12(24(25)26)5-6-17(15)20/h2-9H,1H3,(H2,22,23). The molecule has 1 heterocycles. The number of nitrogens with zero attached hydrogens (tertiary/aromatic N) is 3. The van der Waals surface area contributed by atoms with Gasteiger partial charge in [0.05, 0.1) is 17.7 Å². The number of benzene rings is 2. The minimum atomic E-state index is -0.528. The first-order valence-corrected chi connectivity index (χ1v) is 8.11. The van der Waals surface area contributed by atoms with Crippen LogP contribution in [-0.2, 0) is 0 Å². The Bertz CT molecular complexity index is 1090. The number of halogens is 1. The molecule has 7 nitrogen and oxygen atoms in total. The number of hydrogen-bond acceptors (Lipinski definition) is 6. The Balaban J connectivity index is 2.27. The van der Waals surface area contributed by atoms with Crippen LogP contribution in [0.3, 0.4) is 0 Å². The molecule has 0 saturated heterocycles. The molecule has 0 unspecified atom stereocenters. The molecular formula is C19H13ClN4O3. The molecule has 0 fully saturated rings. The molecular weight excluding hydrogens is 368 g/mol. The van der Waals surface area contributed by atoms with E-state index < -0.39 is 4.92 Å². The Morgan fingerprint density at radius 3 is 2.67 bits per heavy atom. The maximum atomic E-state index is 11.1. The number of nitriles is 1. The highest BCUT2D eigenvalue weighted by molar-refractivity contribution is 6.33. The van der Waals surface area contributed by atoms with E-state index in [2.05, 4.69) is 4.98 Å². The van der Waals surface area contributed by atoms with Crippen molar-refractivity contribution >= 4 is 23.1 Å². The number of nitrogens with two attached hydrogens (primary N) is 1. The predicted molar refractivity (Wildman–Crippen MR) is 102 cm³/mol. The molecule has 3 aromatic rings. The van der Waals surface area contributed by atoms with E-state index in [-0.39, 0.29) is 22.1 Å². The molecule has 0 aliphatic rings. The van der Waals surface area contributed by atoms with Crippen molar-refractivity contribution < 1.29 is 9.66 Å². The smallest absolute Gasteiger partial charge is 0.270 e. The third kappa shape index (κ3) is 3.52. The molecule has 0 bridgehead atoms. The van der Waals surface area contributed by atoms with Crippen molar-refractivity contribution in [2.75, 3.05) is 12.8 Å². The third-order valence-electron chi connectivity index (χ3n) is 3.98. The summed E-state index contributed by atoms with van der Waals surface area (Å²) in [7, 11) is 1.55. The van der Waals surface area contributed by atoms with Gasteiger partial charge in [0.25, 0.3) is 5.69 Å². The van der Waals surface area contributed by atoms with Crippen molar-refractivity contribution in [1.82, 2.24) is 4.98 Å². The lowest BCUT2D eigenvalue weighted by atomic mass is 9.98. The highest BCUT2D eigenvalue weighted by atomic mass is 35.5. The zero-order valence-corrected chi connectivity index (χ0v) is 14.9. The zero-order chi connectivity index (χ0) is 19.6. The van der Waals surface area contributed by atoms with Gasteiger partial charge in [0.1, 0.15) is 23.2 Å². The fraction of sp³-hybridized carbons (Fsp3) is 0.0526. The van der Waals surface area contributed by atoms with E-state index in [9.17, 15) is 15.4 Å². The molecule has 0 radical (unpaired) electrons.